The molecule has 0 bridgehead atoms. The number of aryl methyl sites for hydroxylation is 1. The van der Waals surface area contributed by atoms with Gasteiger partial charge in [-0.15, -0.1) is 0 Å². The van der Waals surface area contributed by atoms with E-state index in [4.69, 9.17) is 15.2 Å². The summed E-state index contributed by atoms with van der Waals surface area (Å²) in [5, 5.41) is 7.09. The first-order valence-electron chi connectivity index (χ1n) is 7.28. The Morgan fingerprint density at radius 3 is 2.90 bits per heavy atom. The van der Waals surface area contributed by atoms with E-state index in [0.717, 1.165) is 25.1 Å². The molecule has 3 N–H and O–H groups in total. The Morgan fingerprint density at radius 1 is 1.38 bits per heavy atom. The molecule has 120 valence electrons. The van der Waals surface area contributed by atoms with Crippen molar-refractivity contribution in [3.63, 3.8) is 0 Å². The van der Waals surface area contributed by atoms with Gasteiger partial charge in [-0.3, -0.25) is 9.48 Å². The van der Waals surface area contributed by atoms with Gasteiger partial charge in [0.05, 0.1) is 25.0 Å². The Kier molecular flexibility index (Phi) is 8.65. The molecule has 0 unspecified atom stereocenters. The Hall–Kier alpha value is -1.44. The Bertz CT molecular complexity index is 420. The van der Waals surface area contributed by atoms with Crippen molar-refractivity contribution >= 4 is 5.91 Å². The van der Waals surface area contributed by atoms with Gasteiger partial charge in [-0.2, -0.15) is 5.10 Å². The number of rotatable bonds is 11. The third kappa shape index (κ3) is 6.24. The maximum absolute atomic E-state index is 12.0. The summed E-state index contributed by atoms with van der Waals surface area (Å²) in [5.74, 6) is -0.0941. The zero-order chi connectivity index (χ0) is 15.5. The molecule has 0 radical (unpaired) electrons. The van der Waals surface area contributed by atoms with Crippen LogP contribution >= 0.6 is 0 Å². The molecule has 0 aliphatic carbocycles. The molecular formula is C14H26N4O3. The highest BCUT2D eigenvalue weighted by atomic mass is 16.5. The van der Waals surface area contributed by atoms with E-state index in [9.17, 15) is 4.79 Å². The fourth-order valence-corrected chi connectivity index (χ4v) is 1.85. The van der Waals surface area contributed by atoms with Gasteiger partial charge < -0.3 is 20.5 Å². The van der Waals surface area contributed by atoms with Crippen molar-refractivity contribution in [3.05, 3.63) is 17.5 Å². The molecule has 1 amide bonds. The van der Waals surface area contributed by atoms with Gasteiger partial charge in [0.2, 0.25) is 0 Å². The van der Waals surface area contributed by atoms with E-state index in [-0.39, 0.29) is 5.91 Å². The molecule has 0 saturated heterocycles. The molecule has 1 rings (SSSR count). The van der Waals surface area contributed by atoms with Crippen LogP contribution in [0.25, 0.3) is 0 Å². The summed E-state index contributed by atoms with van der Waals surface area (Å²) < 4.78 is 12.0. The van der Waals surface area contributed by atoms with Crippen LogP contribution in [-0.2, 0) is 16.0 Å². The lowest BCUT2D eigenvalue weighted by Gasteiger charge is -2.07. The number of carbonyl (C=O) groups excluding carboxylic acids is 1. The zero-order valence-corrected chi connectivity index (χ0v) is 12.9. The lowest BCUT2D eigenvalue weighted by Crippen LogP contribution is -2.26. The largest absolute Gasteiger partial charge is 0.382 e. The van der Waals surface area contributed by atoms with Crippen LogP contribution in [0.15, 0.2) is 6.20 Å². The molecule has 0 spiro atoms. The molecule has 0 fully saturated rings. The number of carbonyl (C=O) groups is 1. The van der Waals surface area contributed by atoms with Crippen LogP contribution in [-0.4, -0.2) is 55.7 Å². The topological polar surface area (TPSA) is 91.4 Å². The Labute approximate surface area is 125 Å². The molecule has 0 aliphatic heterocycles. The second-order valence-electron chi connectivity index (χ2n) is 4.72. The van der Waals surface area contributed by atoms with E-state index in [0.29, 0.717) is 38.5 Å². The maximum Gasteiger partial charge on any atom is 0.254 e. The van der Waals surface area contributed by atoms with Crippen LogP contribution in [0.1, 0.15) is 28.9 Å². The summed E-state index contributed by atoms with van der Waals surface area (Å²) in [7, 11) is 1.64. The summed E-state index contributed by atoms with van der Waals surface area (Å²) >= 11 is 0. The minimum absolute atomic E-state index is 0.0941. The molecule has 0 aromatic carbocycles. The van der Waals surface area contributed by atoms with Gasteiger partial charge in [0.15, 0.2) is 0 Å². The van der Waals surface area contributed by atoms with Crippen LogP contribution in [0.2, 0.25) is 0 Å². The van der Waals surface area contributed by atoms with Crippen molar-refractivity contribution in [2.75, 3.05) is 40.0 Å². The number of nitrogens with zero attached hydrogens (tertiary/aromatic N) is 2. The van der Waals surface area contributed by atoms with Crippen LogP contribution in [0.3, 0.4) is 0 Å². The minimum Gasteiger partial charge on any atom is -0.382 e. The van der Waals surface area contributed by atoms with Crippen molar-refractivity contribution in [1.82, 2.24) is 15.1 Å². The van der Waals surface area contributed by atoms with Gasteiger partial charge in [0, 0.05) is 32.5 Å². The predicted octanol–water partition coefficient (Wildman–Crippen LogP) is 0.323. The summed E-state index contributed by atoms with van der Waals surface area (Å²) in [6.45, 7) is 5.61. The van der Waals surface area contributed by atoms with Crippen molar-refractivity contribution < 1.29 is 14.3 Å². The van der Waals surface area contributed by atoms with E-state index in [2.05, 4.69) is 10.4 Å². The zero-order valence-electron chi connectivity index (χ0n) is 12.9. The van der Waals surface area contributed by atoms with E-state index >= 15 is 0 Å². The van der Waals surface area contributed by atoms with Gasteiger partial charge in [-0.05, 0) is 26.3 Å². The lowest BCUT2D eigenvalue weighted by atomic mass is 10.2. The van der Waals surface area contributed by atoms with Crippen molar-refractivity contribution in [3.8, 4) is 0 Å². The number of methoxy groups -OCH3 is 1. The van der Waals surface area contributed by atoms with Gasteiger partial charge >= 0.3 is 0 Å². The summed E-state index contributed by atoms with van der Waals surface area (Å²) in [4.78, 5) is 12.0. The van der Waals surface area contributed by atoms with E-state index in [1.807, 2.05) is 11.6 Å². The highest BCUT2D eigenvalue weighted by Gasteiger charge is 2.13. The van der Waals surface area contributed by atoms with Crippen molar-refractivity contribution in [2.24, 2.45) is 5.73 Å². The summed E-state index contributed by atoms with van der Waals surface area (Å²) in [5.41, 5.74) is 6.97. The van der Waals surface area contributed by atoms with Gasteiger partial charge in [0.25, 0.3) is 5.91 Å². The molecule has 0 saturated carbocycles. The second kappa shape index (κ2) is 10.3. The summed E-state index contributed by atoms with van der Waals surface area (Å²) in [6.07, 6.45) is 3.23. The quantitative estimate of drug-likeness (QED) is 0.574. The number of hydrogen-bond donors (Lipinski definition) is 2. The van der Waals surface area contributed by atoms with Crippen molar-refractivity contribution in [1.29, 1.82) is 0 Å². The predicted molar refractivity (Wildman–Crippen MR) is 80.3 cm³/mol. The SMILES string of the molecule is COCCOCCCNC(=O)c1cnn(CCCN)c1C. The first kappa shape index (κ1) is 17.6. The first-order valence-corrected chi connectivity index (χ1v) is 7.28. The van der Waals surface area contributed by atoms with Crippen LogP contribution in [0.5, 0.6) is 0 Å². The Balaban J connectivity index is 2.27. The third-order valence-electron chi connectivity index (χ3n) is 3.10. The molecule has 1 heterocycles. The number of ether oxygens (including phenoxy) is 2. The normalized spacial score (nSPS) is 10.8. The number of nitrogens with two attached hydrogens (primary N) is 1. The summed E-state index contributed by atoms with van der Waals surface area (Å²) in [6, 6.07) is 0. The molecule has 7 nitrogen and oxygen atoms in total. The standard InChI is InChI=1S/C14H26N4O3/c1-12-13(11-17-18(12)7-3-5-15)14(19)16-6-4-8-21-10-9-20-2/h11H,3-10,15H2,1-2H3,(H,16,19). The average molecular weight is 298 g/mol. The highest BCUT2D eigenvalue weighted by Crippen LogP contribution is 2.07. The highest BCUT2D eigenvalue weighted by molar-refractivity contribution is 5.94. The number of aromatic nitrogens is 2. The Morgan fingerprint density at radius 2 is 2.19 bits per heavy atom. The van der Waals surface area contributed by atoms with E-state index < -0.39 is 0 Å². The first-order chi connectivity index (χ1) is 10.2. The number of nitrogens with one attached hydrogen (secondary N) is 1. The van der Waals surface area contributed by atoms with Crippen LogP contribution < -0.4 is 11.1 Å². The second-order valence-corrected chi connectivity index (χ2v) is 4.72. The molecule has 7 heteroatoms. The third-order valence-corrected chi connectivity index (χ3v) is 3.10. The van der Waals surface area contributed by atoms with E-state index in [1.54, 1.807) is 13.3 Å². The van der Waals surface area contributed by atoms with Gasteiger partial charge in [-0.25, -0.2) is 0 Å². The van der Waals surface area contributed by atoms with Gasteiger partial charge in [0.1, 0.15) is 0 Å². The number of amides is 1. The number of hydrogen-bond acceptors (Lipinski definition) is 5. The van der Waals surface area contributed by atoms with Crippen LogP contribution in [0.4, 0.5) is 0 Å². The smallest absolute Gasteiger partial charge is 0.254 e. The van der Waals surface area contributed by atoms with E-state index in [1.165, 1.54) is 0 Å². The molecule has 1 aromatic rings. The van der Waals surface area contributed by atoms with Gasteiger partial charge in [-0.1, -0.05) is 0 Å². The fraction of sp³-hybridized carbons (Fsp3) is 0.714. The molecule has 0 aliphatic rings. The minimum atomic E-state index is -0.0941. The fourth-order valence-electron chi connectivity index (χ4n) is 1.85. The lowest BCUT2D eigenvalue weighted by molar-refractivity contribution is 0.0688. The monoisotopic (exact) mass is 298 g/mol. The van der Waals surface area contributed by atoms with Crippen LogP contribution in [0, 0.1) is 6.92 Å². The molecular weight excluding hydrogens is 272 g/mol. The average Bonchev–Trinajstić information content (AvgIpc) is 2.85. The maximum atomic E-state index is 12.0. The molecule has 1 aromatic heterocycles. The molecule has 0 atom stereocenters. The van der Waals surface area contributed by atoms with Crippen molar-refractivity contribution in [2.45, 2.75) is 26.3 Å². The molecule has 21 heavy (non-hydrogen) atoms.